The average molecular weight is 352 g/mol. The van der Waals surface area contributed by atoms with E-state index in [1.54, 1.807) is 31.0 Å². The molecular weight excluding hydrogens is 332 g/mol. The zero-order valence-electron chi connectivity index (χ0n) is 13.9. The van der Waals surface area contributed by atoms with Crippen molar-refractivity contribution >= 4 is 15.9 Å². The van der Waals surface area contributed by atoms with Crippen LogP contribution in [0.1, 0.15) is 21.8 Å². The maximum Gasteiger partial charge on any atom is 0.255 e. The molecule has 0 radical (unpaired) electrons. The Balaban J connectivity index is 1.72. The Morgan fingerprint density at radius 1 is 1.21 bits per heavy atom. The van der Waals surface area contributed by atoms with Gasteiger partial charge in [-0.3, -0.25) is 4.79 Å². The Hall–Kier alpha value is -2.13. The molecule has 0 unspecified atom stereocenters. The van der Waals surface area contributed by atoms with Crippen LogP contribution in [0.5, 0.6) is 0 Å². The molecule has 0 saturated carbocycles. The van der Waals surface area contributed by atoms with Gasteiger partial charge in [-0.05, 0) is 19.9 Å². The molecular formula is C15H20N4O4S. The summed E-state index contributed by atoms with van der Waals surface area (Å²) >= 11 is 0. The quantitative estimate of drug-likeness (QED) is 0.814. The number of aryl methyl sites for hydroxylation is 3. The number of hydrogen-bond donors (Lipinski definition) is 0. The fourth-order valence-corrected chi connectivity index (χ4v) is 4.63. The second-order valence-electron chi connectivity index (χ2n) is 5.92. The van der Waals surface area contributed by atoms with Crippen molar-refractivity contribution in [1.82, 2.24) is 18.9 Å². The van der Waals surface area contributed by atoms with Gasteiger partial charge < -0.3 is 14.0 Å². The second-order valence-corrected chi connectivity index (χ2v) is 7.79. The van der Waals surface area contributed by atoms with E-state index in [4.69, 9.17) is 4.52 Å². The van der Waals surface area contributed by atoms with Crippen molar-refractivity contribution in [3.05, 3.63) is 35.5 Å². The van der Waals surface area contributed by atoms with Gasteiger partial charge in [-0.15, -0.1) is 0 Å². The van der Waals surface area contributed by atoms with Crippen LogP contribution < -0.4 is 0 Å². The van der Waals surface area contributed by atoms with Crippen LogP contribution in [0.25, 0.3) is 0 Å². The molecule has 2 aromatic heterocycles. The van der Waals surface area contributed by atoms with Gasteiger partial charge in [0, 0.05) is 45.6 Å². The third-order valence-corrected chi connectivity index (χ3v) is 6.31. The number of carbonyl (C=O) groups is 1. The number of rotatable bonds is 3. The molecule has 1 amide bonds. The Morgan fingerprint density at radius 3 is 2.38 bits per heavy atom. The number of amides is 1. The van der Waals surface area contributed by atoms with E-state index in [0.717, 1.165) is 0 Å². The molecule has 1 saturated heterocycles. The molecule has 0 aliphatic carbocycles. The van der Waals surface area contributed by atoms with Gasteiger partial charge in [0.15, 0.2) is 5.76 Å². The van der Waals surface area contributed by atoms with Crippen LogP contribution in [0.15, 0.2) is 27.9 Å². The maximum atomic E-state index is 12.8. The maximum absolute atomic E-state index is 12.8. The Labute approximate surface area is 140 Å². The number of nitrogens with zero attached hydrogens (tertiary/aromatic N) is 4. The lowest BCUT2D eigenvalue weighted by atomic mass is 10.2. The first-order valence-electron chi connectivity index (χ1n) is 7.65. The Bertz CT molecular complexity index is 840. The normalized spacial score (nSPS) is 16.5. The van der Waals surface area contributed by atoms with Crippen molar-refractivity contribution < 1.29 is 17.7 Å². The molecule has 1 fully saturated rings. The number of sulfonamides is 1. The third-order valence-electron chi connectivity index (χ3n) is 4.17. The highest BCUT2D eigenvalue weighted by Crippen LogP contribution is 2.24. The van der Waals surface area contributed by atoms with Crippen molar-refractivity contribution in [2.75, 3.05) is 26.2 Å². The average Bonchev–Trinajstić information content (AvgIpc) is 3.12. The molecule has 3 heterocycles. The predicted molar refractivity (Wildman–Crippen MR) is 86.1 cm³/mol. The minimum absolute atomic E-state index is 0.0787. The molecule has 0 aromatic carbocycles. The van der Waals surface area contributed by atoms with Crippen molar-refractivity contribution in [3.63, 3.8) is 0 Å². The van der Waals surface area contributed by atoms with Gasteiger partial charge in [0.05, 0.1) is 5.56 Å². The number of carbonyl (C=O) groups excluding carboxylic acids is 1. The first kappa shape index (κ1) is 16.7. The zero-order chi connectivity index (χ0) is 17.5. The first-order valence-corrected chi connectivity index (χ1v) is 9.09. The van der Waals surface area contributed by atoms with Crippen LogP contribution in [-0.2, 0) is 17.1 Å². The molecule has 0 N–H and O–H groups in total. The van der Waals surface area contributed by atoms with Crippen molar-refractivity contribution in [2.24, 2.45) is 7.05 Å². The van der Waals surface area contributed by atoms with E-state index in [0.29, 0.717) is 24.3 Å². The van der Waals surface area contributed by atoms with Crippen LogP contribution in [0.4, 0.5) is 0 Å². The van der Waals surface area contributed by atoms with Crippen LogP contribution in [0.2, 0.25) is 0 Å². The van der Waals surface area contributed by atoms with Gasteiger partial charge in [-0.1, -0.05) is 5.16 Å². The fraction of sp³-hybridized carbons (Fsp3) is 0.467. The van der Waals surface area contributed by atoms with E-state index in [1.165, 1.54) is 4.31 Å². The minimum Gasteiger partial charge on any atom is -0.360 e. The SMILES string of the molecule is Cc1noc(C)c1S(=O)(=O)N1CCN(C(=O)c2ccn(C)c2)CC1. The fourth-order valence-electron chi connectivity index (χ4n) is 2.92. The van der Waals surface area contributed by atoms with Crippen LogP contribution in [-0.4, -0.2) is 59.4 Å². The summed E-state index contributed by atoms with van der Waals surface area (Å²) in [7, 11) is -1.80. The molecule has 3 rings (SSSR count). The lowest BCUT2D eigenvalue weighted by Crippen LogP contribution is -2.50. The molecule has 24 heavy (non-hydrogen) atoms. The highest BCUT2D eigenvalue weighted by Gasteiger charge is 2.34. The topological polar surface area (TPSA) is 88.7 Å². The summed E-state index contributed by atoms with van der Waals surface area (Å²) in [6.45, 7) is 4.42. The van der Waals surface area contributed by atoms with Gasteiger partial charge >= 0.3 is 0 Å². The summed E-state index contributed by atoms with van der Waals surface area (Å²) in [5.74, 6) is 0.209. The summed E-state index contributed by atoms with van der Waals surface area (Å²) in [6.07, 6.45) is 3.57. The van der Waals surface area contributed by atoms with E-state index in [-0.39, 0.29) is 29.7 Å². The Morgan fingerprint density at radius 2 is 1.88 bits per heavy atom. The molecule has 8 nitrogen and oxygen atoms in total. The molecule has 1 aliphatic rings. The summed E-state index contributed by atoms with van der Waals surface area (Å²) < 4.78 is 33.7. The standard InChI is InChI=1S/C15H20N4O4S/c1-11-14(12(2)23-16-11)24(21,22)19-8-6-18(7-9-19)15(20)13-4-5-17(3)10-13/h4-5,10H,6-9H2,1-3H3. The van der Waals surface area contributed by atoms with Gasteiger partial charge in [0.1, 0.15) is 10.6 Å². The van der Waals surface area contributed by atoms with Crippen LogP contribution in [0.3, 0.4) is 0 Å². The number of hydrogen-bond acceptors (Lipinski definition) is 5. The first-order chi connectivity index (χ1) is 11.3. The van der Waals surface area contributed by atoms with Gasteiger partial charge in [-0.25, -0.2) is 8.42 Å². The highest BCUT2D eigenvalue weighted by molar-refractivity contribution is 7.89. The summed E-state index contributed by atoms with van der Waals surface area (Å²) in [5, 5.41) is 3.71. The zero-order valence-corrected chi connectivity index (χ0v) is 14.7. The van der Waals surface area contributed by atoms with E-state index < -0.39 is 10.0 Å². The predicted octanol–water partition coefficient (Wildman–Crippen LogP) is 0.777. The Kier molecular flexibility index (Phi) is 4.22. The highest BCUT2D eigenvalue weighted by atomic mass is 32.2. The van der Waals surface area contributed by atoms with Gasteiger partial charge in [0.25, 0.3) is 5.91 Å². The molecule has 130 valence electrons. The van der Waals surface area contributed by atoms with Crippen molar-refractivity contribution in [3.8, 4) is 0 Å². The van der Waals surface area contributed by atoms with E-state index in [2.05, 4.69) is 5.16 Å². The molecule has 0 atom stereocenters. The lowest BCUT2D eigenvalue weighted by Gasteiger charge is -2.33. The lowest BCUT2D eigenvalue weighted by molar-refractivity contribution is 0.0698. The van der Waals surface area contributed by atoms with Gasteiger partial charge in [0.2, 0.25) is 10.0 Å². The molecule has 9 heteroatoms. The largest absolute Gasteiger partial charge is 0.360 e. The van der Waals surface area contributed by atoms with Crippen molar-refractivity contribution in [2.45, 2.75) is 18.7 Å². The molecule has 0 bridgehead atoms. The molecule has 1 aliphatic heterocycles. The smallest absolute Gasteiger partial charge is 0.255 e. The number of piperazine rings is 1. The molecule has 2 aromatic rings. The molecule has 0 spiro atoms. The van der Waals surface area contributed by atoms with E-state index >= 15 is 0 Å². The monoisotopic (exact) mass is 352 g/mol. The summed E-state index contributed by atoms with van der Waals surface area (Å²) in [4.78, 5) is 14.2. The van der Waals surface area contributed by atoms with E-state index in [1.807, 2.05) is 17.8 Å². The van der Waals surface area contributed by atoms with Crippen LogP contribution in [0, 0.1) is 13.8 Å². The second kappa shape index (κ2) is 6.06. The number of aromatic nitrogens is 2. The summed E-state index contributed by atoms with van der Waals surface area (Å²) in [5.41, 5.74) is 0.967. The van der Waals surface area contributed by atoms with Crippen molar-refractivity contribution in [1.29, 1.82) is 0 Å². The summed E-state index contributed by atoms with van der Waals surface area (Å²) in [6, 6.07) is 1.76. The third kappa shape index (κ3) is 2.84. The van der Waals surface area contributed by atoms with Gasteiger partial charge in [-0.2, -0.15) is 4.31 Å². The minimum atomic E-state index is -3.65. The van der Waals surface area contributed by atoms with Crippen LogP contribution >= 0.6 is 0 Å². The van der Waals surface area contributed by atoms with E-state index in [9.17, 15) is 13.2 Å².